The van der Waals surface area contributed by atoms with E-state index in [2.05, 4.69) is 4.72 Å². The summed E-state index contributed by atoms with van der Waals surface area (Å²) in [5, 5.41) is -0.664. The molecule has 0 heterocycles. The molecule has 1 N–H and O–H groups in total. The van der Waals surface area contributed by atoms with Gasteiger partial charge in [-0.3, -0.25) is 0 Å². The van der Waals surface area contributed by atoms with Crippen LogP contribution < -0.4 is 4.72 Å². The van der Waals surface area contributed by atoms with E-state index >= 15 is 0 Å². The fourth-order valence-corrected chi connectivity index (χ4v) is 7.46. The topological polar surface area (TPSA) is 80.3 Å². The van der Waals surface area contributed by atoms with E-state index < -0.39 is 80.7 Å². The summed E-state index contributed by atoms with van der Waals surface area (Å²) in [4.78, 5) is -1.47. The van der Waals surface area contributed by atoms with Crippen LogP contribution >= 0.6 is 11.6 Å². The van der Waals surface area contributed by atoms with Gasteiger partial charge in [0.05, 0.1) is 25.8 Å². The van der Waals surface area contributed by atoms with Crippen LogP contribution in [0.15, 0.2) is 46.2 Å². The van der Waals surface area contributed by atoms with Crippen LogP contribution in [0.5, 0.6) is 0 Å². The smallest absolute Gasteiger partial charge is 0.223 e. The van der Waals surface area contributed by atoms with E-state index in [0.29, 0.717) is 30.3 Å². The van der Waals surface area contributed by atoms with Gasteiger partial charge in [0.15, 0.2) is 9.84 Å². The maximum atomic E-state index is 13.8. The molecule has 3 rings (SSSR count). The van der Waals surface area contributed by atoms with Crippen LogP contribution in [0.25, 0.3) is 0 Å². The summed E-state index contributed by atoms with van der Waals surface area (Å²) in [6.45, 7) is 2.48. The molecule has 0 unspecified atom stereocenters. The molecule has 1 fully saturated rings. The quantitative estimate of drug-likeness (QED) is 0.436. The van der Waals surface area contributed by atoms with E-state index in [1.165, 1.54) is 13.8 Å². The number of hydrogen-bond acceptors (Lipinski definition) is 4. The summed E-state index contributed by atoms with van der Waals surface area (Å²) in [5.41, 5.74) is -2.61. The second-order valence-electron chi connectivity index (χ2n) is 8.91. The molecule has 1 aliphatic carbocycles. The highest BCUT2D eigenvalue weighted by Crippen LogP contribution is 2.45. The average molecular weight is 582 g/mol. The van der Waals surface area contributed by atoms with Crippen LogP contribution in [-0.4, -0.2) is 27.6 Å². The molecule has 0 aromatic heterocycles. The standard InChI is InChI=1S/C21H19ClF7NO4S2/c1-19(2,35(31,32)16-8-13(21(27,28)29)5-14(23)10-16)12-6-15(7-12)30-36(33,34)18-4-3-11(9-17(18)22)20(24,25)26/h3-5,8-10,12,15,30H,6-7H2,1-2H3/t12-,15-. The summed E-state index contributed by atoms with van der Waals surface area (Å²) in [5.74, 6) is -2.11. The van der Waals surface area contributed by atoms with Crippen molar-refractivity contribution in [3.05, 3.63) is 58.4 Å². The van der Waals surface area contributed by atoms with Gasteiger partial charge >= 0.3 is 12.4 Å². The molecule has 0 saturated heterocycles. The first-order chi connectivity index (χ1) is 16.2. The first-order valence-electron chi connectivity index (χ1n) is 10.2. The van der Waals surface area contributed by atoms with Gasteiger partial charge in [-0.2, -0.15) is 26.3 Å². The van der Waals surface area contributed by atoms with Gasteiger partial charge < -0.3 is 0 Å². The lowest BCUT2D eigenvalue weighted by Crippen LogP contribution is -2.53. The Balaban J connectivity index is 1.77. The van der Waals surface area contributed by atoms with Gasteiger partial charge in [0.25, 0.3) is 0 Å². The molecule has 5 nitrogen and oxygen atoms in total. The van der Waals surface area contributed by atoms with Crippen molar-refractivity contribution < 1.29 is 47.6 Å². The maximum absolute atomic E-state index is 13.8. The highest BCUT2D eigenvalue weighted by molar-refractivity contribution is 7.92. The fourth-order valence-electron chi connectivity index (χ4n) is 3.86. The number of sulfonamides is 1. The van der Waals surface area contributed by atoms with E-state index in [-0.39, 0.29) is 18.9 Å². The molecule has 2 aromatic carbocycles. The molecule has 1 aliphatic rings. The minimum absolute atomic E-state index is 0.0504. The molecule has 36 heavy (non-hydrogen) atoms. The maximum Gasteiger partial charge on any atom is 0.416 e. The summed E-state index contributed by atoms with van der Waals surface area (Å²) >= 11 is 5.74. The number of hydrogen-bond donors (Lipinski definition) is 1. The zero-order valence-electron chi connectivity index (χ0n) is 18.5. The largest absolute Gasteiger partial charge is 0.416 e. The van der Waals surface area contributed by atoms with E-state index in [0.717, 1.165) is 0 Å². The molecule has 0 amide bonds. The molecule has 2 aromatic rings. The van der Waals surface area contributed by atoms with Crippen molar-refractivity contribution in [2.75, 3.05) is 0 Å². The van der Waals surface area contributed by atoms with Gasteiger partial charge in [-0.1, -0.05) is 11.6 Å². The van der Waals surface area contributed by atoms with Crippen LogP contribution in [0.4, 0.5) is 30.7 Å². The number of halogens is 8. The molecular formula is C21H19ClF7NO4S2. The Hall–Kier alpha value is -1.90. The average Bonchev–Trinajstić information content (AvgIpc) is 2.68. The van der Waals surface area contributed by atoms with E-state index in [1.807, 2.05) is 0 Å². The van der Waals surface area contributed by atoms with E-state index in [1.54, 1.807) is 0 Å². The zero-order chi connectivity index (χ0) is 27.5. The number of sulfone groups is 1. The molecule has 0 spiro atoms. The number of alkyl halides is 6. The Morgan fingerprint density at radius 2 is 1.42 bits per heavy atom. The van der Waals surface area contributed by atoms with Crippen molar-refractivity contribution in [2.24, 2.45) is 5.92 Å². The van der Waals surface area contributed by atoms with Crippen LogP contribution in [0.2, 0.25) is 5.02 Å². The number of nitrogens with one attached hydrogen (secondary N) is 1. The van der Waals surface area contributed by atoms with Crippen molar-refractivity contribution in [1.29, 1.82) is 0 Å². The Bertz CT molecular complexity index is 1380. The lowest BCUT2D eigenvalue weighted by atomic mass is 9.73. The van der Waals surface area contributed by atoms with Crippen LogP contribution in [0.1, 0.15) is 37.8 Å². The van der Waals surface area contributed by atoms with Crippen molar-refractivity contribution in [3.63, 3.8) is 0 Å². The van der Waals surface area contributed by atoms with Crippen LogP contribution in [-0.2, 0) is 32.2 Å². The van der Waals surface area contributed by atoms with Crippen molar-refractivity contribution in [2.45, 2.75) is 59.6 Å². The summed E-state index contributed by atoms with van der Waals surface area (Å²) in [6.07, 6.45) is -9.81. The number of rotatable bonds is 6. The molecule has 0 aliphatic heterocycles. The second kappa shape index (κ2) is 9.14. The third kappa shape index (κ3) is 5.50. The molecular weight excluding hydrogens is 563 g/mol. The minimum atomic E-state index is -4.98. The second-order valence-corrected chi connectivity index (χ2v) is 13.5. The molecule has 1 saturated carbocycles. The lowest BCUT2D eigenvalue weighted by molar-refractivity contribution is -0.138. The van der Waals surface area contributed by atoms with E-state index in [9.17, 15) is 47.6 Å². The van der Waals surface area contributed by atoms with Crippen LogP contribution in [0.3, 0.4) is 0 Å². The Labute approximate surface area is 207 Å². The van der Waals surface area contributed by atoms with Gasteiger partial charge in [0.2, 0.25) is 10.0 Å². The number of benzene rings is 2. The lowest BCUT2D eigenvalue weighted by Gasteiger charge is -2.44. The van der Waals surface area contributed by atoms with Gasteiger partial charge in [-0.05, 0) is 69.0 Å². The molecule has 200 valence electrons. The predicted molar refractivity (Wildman–Crippen MR) is 116 cm³/mol. The first kappa shape index (κ1) is 28.7. The van der Waals surface area contributed by atoms with Gasteiger partial charge in [-0.15, -0.1) is 0 Å². The zero-order valence-corrected chi connectivity index (χ0v) is 20.9. The highest BCUT2D eigenvalue weighted by Gasteiger charge is 2.50. The Kier molecular flexibility index (Phi) is 7.28. The van der Waals surface area contributed by atoms with E-state index in [4.69, 9.17) is 11.6 Å². The SMILES string of the molecule is CC(C)([C@H]1C[C@H](NS(=O)(=O)c2ccc(C(F)(F)F)cc2Cl)C1)S(=O)(=O)c1cc(F)cc(C(F)(F)F)c1. The Morgan fingerprint density at radius 1 is 0.861 bits per heavy atom. The normalized spacial score (nSPS) is 19.7. The Morgan fingerprint density at radius 3 is 1.92 bits per heavy atom. The molecule has 0 bridgehead atoms. The monoisotopic (exact) mass is 581 g/mol. The van der Waals surface area contributed by atoms with Gasteiger partial charge in [0, 0.05) is 6.04 Å². The molecule has 15 heteroatoms. The van der Waals surface area contributed by atoms with Crippen molar-refractivity contribution >= 4 is 31.5 Å². The van der Waals surface area contributed by atoms with Gasteiger partial charge in [-0.25, -0.2) is 25.9 Å². The third-order valence-electron chi connectivity index (χ3n) is 6.19. The summed E-state index contributed by atoms with van der Waals surface area (Å²) < 4.78 is 143. The summed E-state index contributed by atoms with van der Waals surface area (Å²) in [7, 11) is -8.86. The third-order valence-corrected chi connectivity index (χ3v) is 10.8. The van der Waals surface area contributed by atoms with Crippen molar-refractivity contribution in [1.82, 2.24) is 4.72 Å². The first-order valence-corrected chi connectivity index (χ1v) is 13.5. The minimum Gasteiger partial charge on any atom is -0.223 e. The highest BCUT2D eigenvalue weighted by atomic mass is 35.5. The summed E-state index contributed by atoms with van der Waals surface area (Å²) in [6, 6.07) is 1.89. The molecule has 0 radical (unpaired) electrons. The van der Waals surface area contributed by atoms with Gasteiger partial charge in [0.1, 0.15) is 10.7 Å². The fraction of sp³-hybridized carbons (Fsp3) is 0.429. The molecule has 0 atom stereocenters. The van der Waals surface area contributed by atoms with Crippen molar-refractivity contribution in [3.8, 4) is 0 Å². The predicted octanol–water partition coefficient (Wildman–Crippen LogP) is 5.83. The van der Waals surface area contributed by atoms with Crippen LogP contribution in [0, 0.1) is 11.7 Å².